The molecule has 0 heterocycles. The molecule has 0 aliphatic heterocycles. The van der Waals surface area contributed by atoms with Crippen LogP contribution in [0.25, 0.3) is 0 Å². The summed E-state index contributed by atoms with van der Waals surface area (Å²) in [6, 6.07) is 11.2. The zero-order valence-corrected chi connectivity index (χ0v) is 14.0. The fourth-order valence-electron chi connectivity index (χ4n) is 1.69. The molecular formula is C17H12Cl2O5. The summed E-state index contributed by atoms with van der Waals surface area (Å²) >= 11 is 11.7. The number of ether oxygens (including phenoxy) is 3. The van der Waals surface area contributed by atoms with Crippen LogP contribution in [0.15, 0.2) is 54.6 Å². The highest BCUT2D eigenvalue weighted by atomic mass is 35.5. The number of carbonyl (C=O) groups is 2. The third-order valence-corrected chi connectivity index (χ3v) is 3.56. The van der Waals surface area contributed by atoms with Gasteiger partial charge in [0.25, 0.3) is 0 Å². The van der Waals surface area contributed by atoms with Crippen molar-refractivity contribution >= 4 is 35.1 Å². The standard InChI is InChI=1S/C17H12Cl2O5/c1-22-12-6-2-3-7-13(12)23-15(20)9-10-16(21)24-14-8-4-5-11(18)17(14)19/h2-10H,1H3/b10-9+. The van der Waals surface area contributed by atoms with Crippen molar-refractivity contribution in [2.24, 2.45) is 0 Å². The fraction of sp³-hybridized carbons (Fsp3) is 0.0588. The summed E-state index contributed by atoms with van der Waals surface area (Å²) in [5, 5.41) is 0.360. The van der Waals surface area contributed by atoms with Crippen molar-refractivity contribution in [1.29, 1.82) is 0 Å². The van der Waals surface area contributed by atoms with E-state index in [1.54, 1.807) is 36.4 Å². The number of carbonyl (C=O) groups excluding carboxylic acids is 2. The molecule has 2 aromatic carbocycles. The van der Waals surface area contributed by atoms with Gasteiger partial charge in [-0.05, 0) is 24.3 Å². The van der Waals surface area contributed by atoms with E-state index in [2.05, 4.69) is 0 Å². The maximum absolute atomic E-state index is 11.7. The SMILES string of the molecule is COc1ccccc1OC(=O)/C=C/C(=O)Oc1cccc(Cl)c1Cl. The van der Waals surface area contributed by atoms with Crippen molar-refractivity contribution < 1.29 is 23.8 Å². The molecule has 0 saturated carbocycles. The quantitative estimate of drug-likeness (QED) is 0.453. The van der Waals surface area contributed by atoms with Crippen LogP contribution in [0.2, 0.25) is 10.0 Å². The predicted molar refractivity (Wildman–Crippen MR) is 89.9 cm³/mol. The second-order valence-electron chi connectivity index (χ2n) is 4.38. The number of halogens is 2. The summed E-state index contributed by atoms with van der Waals surface area (Å²) in [6.45, 7) is 0. The monoisotopic (exact) mass is 366 g/mol. The largest absolute Gasteiger partial charge is 0.493 e. The highest BCUT2D eigenvalue weighted by Crippen LogP contribution is 2.31. The van der Waals surface area contributed by atoms with Gasteiger partial charge in [0.2, 0.25) is 0 Å². The first kappa shape index (κ1) is 17.8. The molecule has 124 valence electrons. The van der Waals surface area contributed by atoms with E-state index in [-0.39, 0.29) is 21.5 Å². The molecule has 0 N–H and O–H groups in total. The zero-order chi connectivity index (χ0) is 17.5. The maximum atomic E-state index is 11.7. The molecule has 0 unspecified atom stereocenters. The Labute approximate surface area is 148 Å². The molecule has 0 fully saturated rings. The van der Waals surface area contributed by atoms with E-state index >= 15 is 0 Å². The molecular weight excluding hydrogens is 355 g/mol. The van der Waals surface area contributed by atoms with E-state index in [0.29, 0.717) is 5.75 Å². The first-order chi connectivity index (χ1) is 11.5. The lowest BCUT2D eigenvalue weighted by Gasteiger charge is -2.07. The second-order valence-corrected chi connectivity index (χ2v) is 5.16. The number of hydrogen-bond acceptors (Lipinski definition) is 5. The van der Waals surface area contributed by atoms with Crippen LogP contribution in [0.3, 0.4) is 0 Å². The van der Waals surface area contributed by atoms with Crippen molar-refractivity contribution in [3.63, 3.8) is 0 Å². The van der Waals surface area contributed by atoms with Crippen LogP contribution in [-0.4, -0.2) is 19.0 Å². The molecule has 0 saturated heterocycles. The van der Waals surface area contributed by atoms with Gasteiger partial charge in [-0.15, -0.1) is 0 Å². The Kier molecular flexibility index (Phi) is 6.23. The van der Waals surface area contributed by atoms with E-state index < -0.39 is 11.9 Å². The lowest BCUT2D eigenvalue weighted by atomic mass is 10.3. The summed E-state index contributed by atoms with van der Waals surface area (Å²) in [6.07, 6.45) is 1.86. The molecule has 0 radical (unpaired) electrons. The summed E-state index contributed by atoms with van der Waals surface area (Å²) in [5.74, 6) is -0.824. The Bertz CT molecular complexity index is 786. The van der Waals surface area contributed by atoms with Gasteiger partial charge in [-0.25, -0.2) is 9.59 Å². The molecule has 0 bridgehead atoms. The Hall–Kier alpha value is -2.50. The van der Waals surface area contributed by atoms with Gasteiger partial charge in [0.05, 0.1) is 12.1 Å². The van der Waals surface area contributed by atoms with Crippen LogP contribution in [0.4, 0.5) is 0 Å². The van der Waals surface area contributed by atoms with Gasteiger partial charge in [0, 0.05) is 12.2 Å². The topological polar surface area (TPSA) is 61.8 Å². The third-order valence-electron chi connectivity index (χ3n) is 2.76. The smallest absolute Gasteiger partial charge is 0.336 e. The Morgan fingerprint density at radius 2 is 1.38 bits per heavy atom. The summed E-state index contributed by atoms with van der Waals surface area (Å²) in [7, 11) is 1.45. The molecule has 7 heteroatoms. The molecule has 0 aliphatic carbocycles. The number of benzene rings is 2. The Morgan fingerprint density at radius 3 is 2.00 bits per heavy atom. The van der Waals surface area contributed by atoms with Gasteiger partial charge in [0.15, 0.2) is 17.2 Å². The van der Waals surface area contributed by atoms with Gasteiger partial charge in [-0.2, -0.15) is 0 Å². The molecule has 0 amide bonds. The van der Waals surface area contributed by atoms with E-state index in [1.165, 1.54) is 13.2 Å². The van der Waals surface area contributed by atoms with Crippen molar-refractivity contribution in [1.82, 2.24) is 0 Å². The minimum atomic E-state index is -0.795. The summed E-state index contributed by atoms with van der Waals surface area (Å²) in [4.78, 5) is 23.5. The van der Waals surface area contributed by atoms with Gasteiger partial charge in [0.1, 0.15) is 5.02 Å². The average molecular weight is 367 g/mol. The number of para-hydroxylation sites is 2. The van der Waals surface area contributed by atoms with Crippen molar-refractivity contribution in [3.05, 3.63) is 64.7 Å². The fourth-order valence-corrected chi connectivity index (χ4v) is 2.02. The Balaban J connectivity index is 1.98. The van der Waals surface area contributed by atoms with Gasteiger partial charge < -0.3 is 14.2 Å². The Morgan fingerprint density at radius 1 is 0.833 bits per heavy atom. The molecule has 0 spiro atoms. The highest BCUT2D eigenvalue weighted by Gasteiger charge is 2.10. The van der Waals surface area contributed by atoms with Crippen LogP contribution in [-0.2, 0) is 9.59 Å². The van der Waals surface area contributed by atoms with Gasteiger partial charge >= 0.3 is 11.9 Å². The van der Waals surface area contributed by atoms with E-state index in [4.69, 9.17) is 37.4 Å². The minimum absolute atomic E-state index is 0.0944. The molecule has 24 heavy (non-hydrogen) atoms. The maximum Gasteiger partial charge on any atom is 0.336 e. The molecule has 5 nitrogen and oxygen atoms in total. The van der Waals surface area contributed by atoms with Crippen LogP contribution in [0.1, 0.15) is 0 Å². The van der Waals surface area contributed by atoms with E-state index in [9.17, 15) is 9.59 Å². The lowest BCUT2D eigenvalue weighted by Crippen LogP contribution is -2.09. The highest BCUT2D eigenvalue weighted by molar-refractivity contribution is 6.43. The van der Waals surface area contributed by atoms with Gasteiger partial charge in [-0.1, -0.05) is 41.4 Å². The second kappa shape index (κ2) is 8.38. The van der Waals surface area contributed by atoms with E-state index in [0.717, 1.165) is 12.2 Å². The van der Waals surface area contributed by atoms with Crippen LogP contribution in [0.5, 0.6) is 17.2 Å². The molecule has 0 atom stereocenters. The van der Waals surface area contributed by atoms with Crippen LogP contribution >= 0.6 is 23.2 Å². The number of hydrogen-bond donors (Lipinski definition) is 0. The third kappa shape index (κ3) is 4.75. The molecule has 0 aliphatic rings. The molecule has 2 rings (SSSR count). The lowest BCUT2D eigenvalue weighted by molar-refractivity contribution is -0.131. The summed E-state index contributed by atoms with van der Waals surface area (Å²) < 4.78 is 15.1. The number of methoxy groups -OCH3 is 1. The zero-order valence-electron chi connectivity index (χ0n) is 12.5. The van der Waals surface area contributed by atoms with Crippen LogP contribution in [0, 0.1) is 0 Å². The predicted octanol–water partition coefficient (Wildman–Crippen LogP) is 4.07. The molecule has 2 aromatic rings. The first-order valence-corrected chi connectivity index (χ1v) is 7.45. The average Bonchev–Trinajstić information content (AvgIpc) is 2.58. The molecule has 0 aromatic heterocycles. The van der Waals surface area contributed by atoms with Crippen molar-refractivity contribution in [3.8, 4) is 17.2 Å². The minimum Gasteiger partial charge on any atom is -0.493 e. The first-order valence-electron chi connectivity index (χ1n) is 6.70. The number of rotatable bonds is 5. The van der Waals surface area contributed by atoms with Crippen molar-refractivity contribution in [2.45, 2.75) is 0 Å². The van der Waals surface area contributed by atoms with Crippen molar-refractivity contribution in [2.75, 3.05) is 7.11 Å². The van der Waals surface area contributed by atoms with Crippen LogP contribution < -0.4 is 14.2 Å². The summed E-state index contributed by atoms with van der Waals surface area (Å²) in [5.41, 5.74) is 0. The normalized spacial score (nSPS) is 10.5. The van der Waals surface area contributed by atoms with Gasteiger partial charge in [-0.3, -0.25) is 0 Å². The number of esters is 2. The van der Waals surface area contributed by atoms with E-state index in [1.807, 2.05) is 0 Å².